The fourth-order valence-corrected chi connectivity index (χ4v) is 3.84. The first kappa shape index (κ1) is 22.8. The van der Waals surface area contributed by atoms with Crippen LogP contribution in [0.25, 0.3) is 0 Å². The van der Waals surface area contributed by atoms with Crippen molar-refractivity contribution in [2.24, 2.45) is 5.92 Å². The highest BCUT2D eigenvalue weighted by Gasteiger charge is 2.23. The number of hydrogen-bond donors (Lipinski definition) is 2. The molecule has 1 fully saturated rings. The van der Waals surface area contributed by atoms with E-state index in [2.05, 4.69) is 39.6 Å². The number of para-hydroxylation sites is 1. The lowest BCUT2D eigenvalue weighted by Crippen LogP contribution is -2.45. The predicted molar refractivity (Wildman–Crippen MR) is 125 cm³/mol. The third-order valence-electron chi connectivity index (χ3n) is 5.58. The monoisotopic (exact) mass is 422 g/mol. The lowest BCUT2D eigenvalue weighted by molar-refractivity contribution is -0.129. The standard InChI is InChI=1S/C25H34N4O2/c1-19(2)17-23(30)27-24(20-9-5-4-6-10-20)25(31)26-18-21-11-7-8-12-22(21)29-15-13-28(3)14-16-29/h4-12,19,24H,13-18H2,1-3H3,(H,26,31)(H,27,30). The Kier molecular flexibility index (Phi) is 8.06. The highest BCUT2D eigenvalue weighted by molar-refractivity contribution is 5.88. The Hall–Kier alpha value is -2.86. The molecule has 2 N–H and O–H groups in total. The van der Waals surface area contributed by atoms with Crippen molar-refractivity contribution in [2.75, 3.05) is 38.1 Å². The number of nitrogens with zero attached hydrogens (tertiary/aromatic N) is 2. The van der Waals surface area contributed by atoms with Crippen LogP contribution in [0.1, 0.15) is 37.4 Å². The summed E-state index contributed by atoms with van der Waals surface area (Å²) in [4.78, 5) is 30.2. The highest BCUT2D eigenvalue weighted by Crippen LogP contribution is 2.22. The van der Waals surface area contributed by atoms with Crippen LogP contribution in [0.4, 0.5) is 5.69 Å². The SMILES string of the molecule is CC(C)CC(=O)NC(C(=O)NCc1ccccc1N1CCN(C)CC1)c1ccccc1. The minimum atomic E-state index is -0.705. The Balaban J connectivity index is 1.70. The summed E-state index contributed by atoms with van der Waals surface area (Å²) >= 11 is 0. The van der Waals surface area contributed by atoms with Crippen LogP contribution in [0.5, 0.6) is 0 Å². The first-order valence-electron chi connectivity index (χ1n) is 11.1. The third kappa shape index (κ3) is 6.56. The molecule has 1 aliphatic heterocycles. The van der Waals surface area contributed by atoms with Gasteiger partial charge in [0.15, 0.2) is 0 Å². The molecule has 3 rings (SSSR count). The molecule has 0 aromatic heterocycles. The van der Waals surface area contributed by atoms with Gasteiger partial charge in [-0.15, -0.1) is 0 Å². The predicted octanol–water partition coefficient (Wildman–Crippen LogP) is 2.96. The zero-order chi connectivity index (χ0) is 22.2. The summed E-state index contributed by atoms with van der Waals surface area (Å²) in [6.07, 6.45) is 0.392. The molecule has 2 amide bonds. The van der Waals surface area contributed by atoms with Crippen LogP contribution in [-0.4, -0.2) is 49.9 Å². The van der Waals surface area contributed by atoms with Gasteiger partial charge in [-0.05, 0) is 30.2 Å². The number of nitrogens with one attached hydrogen (secondary N) is 2. The third-order valence-corrected chi connectivity index (χ3v) is 5.58. The van der Waals surface area contributed by atoms with Gasteiger partial charge < -0.3 is 20.4 Å². The first-order valence-corrected chi connectivity index (χ1v) is 11.1. The first-order chi connectivity index (χ1) is 14.9. The summed E-state index contributed by atoms with van der Waals surface area (Å²) < 4.78 is 0. The summed E-state index contributed by atoms with van der Waals surface area (Å²) in [6.45, 7) is 8.40. The molecule has 0 radical (unpaired) electrons. The largest absolute Gasteiger partial charge is 0.369 e. The Morgan fingerprint density at radius 2 is 1.58 bits per heavy atom. The molecule has 2 aromatic rings. The van der Waals surface area contributed by atoms with Crippen molar-refractivity contribution in [1.29, 1.82) is 0 Å². The quantitative estimate of drug-likeness (QED) is 0.687. The van der Waals surface area contributed by atoms with Crippen molar-refractivity contribution >= 4 is 17.5 Å². The van der Waals surface area contributed by atoms with E-state index < -0.39 is 6.04 Å². The van der Waals surface area contributed by atoms with Crippen molar-refractivity contribution in [3.63, 3.8) is 0 Å². The molecule has 1 aliphatic rings. The summed E-state index contributed by atoms with van der Waals surface area (Å²) in [7, 11) is 2.14. The summed E-state index contributed by atoms with van der Waals surface area (Å²) in [5, 5.41) is 5.97. The van der Waals surface area contributed by atoms with Crippen LogP contribution in [0, 0.1) is 5.92 Å². The molecule has 0 aliphatic carbocycles. The maximum Gasteiger partial charge on any atom is 0.247 e. The van der Waals surface area contributed by atoms with Crippen molar-refractivity contribution in [2.45, 2.75) is 32.9 Å². The summed E-state index contributed by atoms with van der Waals surface area (Å²) in [6, 6.07) is 16.9. The molecule has 6 heteroatoms. The van der Waals surface area contributed by atoms with Gasteiger partial charge in [-0.1, -0.05) is 62.4 Å². The smallest absolute Gasteiger partial charge is 0.247 e. The van der Waals surface area contributed by atoms with Gasteiger partial charge >= 0.3 is 0 Å². The minimum absolute atomic E-state index is 0.114. The number of benzene rings is 2. The summed E-state index contributed by atoms with van der Waals surface area (Å²) in [5.74, 6) is -0.0803. The van der Waals surface area contributed by atoms with Gasteiger partial charge in [0.2, 0.25) is 11.8 Å². The zero-order valence-electron chi connectivity index (χ0n) is 18.8. The number of carbonyl (C=O) groups is 2. The van der Waals surface area contributed by atoms with Gasteiger partial charge in [-0.25, -0.2) is 0 Å². The van der Waals surface area contributed by atoms with E-state index in [4.69, 9.17) is 0 Å². The average molecular weight is 423 g/mol. The zero-order valence-corrected chi connectivity index (χ0v) is 18.8. The van der Waals surface area contributed by atoms with E-state index in [0.29, 0.717) is 13.0 Å². The van der Waals surface area contributed by atoms with Gasteiger partial charge in [-0.3, -0.25) is 9.59 Å². The Morgan fingerprint density at radius 3 is 2.26 bits per heavy atom. The lowest BCUT2D eigenvalue weighted by Gasteiger charge is -2.35. The van der Waals surface area contributed by atoms with Crippen LogP contribution in [0.3, 0.4) is 0 Å². The second-order valence-electron chi connectivity index (χ2n) is 8.65. The highest BCUT2D eigenvalue weighted by atomic mass is 16.2. The number of likely N-dealkylation sites (N-methyl/N-ethyl adjacent to an activating group) is 1. The van der Waals surface area contributed by atoms with Gasteiger partial charge in [0.1, 0.15) is 6.04 Å². The van der Waals surface area contributed by atoms with Gasteiger partial charge in [-0.2, -0.15) is 0 Å². The molecular formula is C25H34N4O2. The number of piperazine rings is 1. The van der Waals surface area contributed by atoms with Crippen LogP contribution in [0.2, 0.25) is 0 Å². The van der Waals surface area contributed by atoms with Crippen molar-refractivity contribution in [3.05, 3.63) is 65.7 Å². The molecule has 31 heavy (non-hydrogen) atoms. The lowest BCUT2D eigenvalue weighted by atomic mass is 10.0. The molecular weight excluding hydrogens is 388 g/mol. The molecule has 2 aromatic carbocycles. The van der Waals surface area contributed by atoms with E-state index in [-0.39, 0.29) is 17.7 Å². The fraction of sp³-hybridized carbons (Fsp3) is 0.440. The minimum Gasteiger partial charge on any atom is -0.369 e. The number of rotatable bonds is 8. The Bertz CT molecular complexity index is 861. The van der Waals surface area contributed by atoms with E-state index in [1.165, 1.54) is 0 Å². The van der Waals surface area contributed by atoms with Crippen LogP contribution in [-0.2, 0) is 16.1 Å². The van der Waals surface area contributed by atoms with E-state index in [1.807, 2.05) is 56.3 Å². The Labute approximate surface area is 185 Å². The van der Waals surface area contributed by atoms with E-state index in [9.17, 15) is 9.59 Å². The van der Waals surface area contributed by atoms with E-state index in [0.717, 1.165) is 43.0 Å². The topological polar surface area (TPSA) is 64.7 Å². The fourth-order valence-electron chi connectivity index (χ4n) is 3.84. The van der Waals surface area contributed by atoms with E-state index in [1.54, 1.807) is 0 Å². The molecule has 166 valence electrons. The molecule has 0 saturated carbocycles. The number of carbonyl (C=O) groups excluding carboxylic acids is 2. The molecule has 0 spiro atoms. The molecule has 1 atom stereocenters. The summed E-state index contributed by atoms with van der Waals surface area (Å²) in [5.41, 5.74) is 3.03. The second kappa shape index (κ2) is 11.0. The number of anilines is 1. The van der Waals surface area contributed by atoms with Crippen molar-refractivity contribution in [3.8, 4) is 0 Å². The number of hydrogen-bond acceptors (Lipinski definition) is 4. The molecule has 1 unspecified atom stereocenters. The molecule has 6 nitrogen and oxygen atoms in total. The van der Waals surface area contributed by atoms with Gasteiger partial charge in [0, 0.05) is 44.8 Å². The molecule has 1 saturated heterocycles. The maximum absolute atomic E-state index is 13.1. The Morgan fingerprint density at radius 1 is 0.935 bits per heavy atom. The average Bonchev–Trinajstić information content (AvgIpc) is 2.77. The van der Waals surface area contributed by atoms with Gasteiger partial charge in [0.05, 0.1) is 0 Å². The van der Waals surface area contributed by atoms with E-state index >= 15 is 0 Å². The van der Waals surface area contributed by atoms with Crippen LogP contribution in [0.15, 0.2) is 54.6 Å². The number of amides is 2. The maximum atomic E-state index is 13.1. The van der Waals surface area contributed by atoms with Crippen LogP contribution >= 0.6 is 0 Å². The van der Waals surface area contributed by atoms with Crippen LogP contribution < -0.4 is 15.5 Å². The van der Waals surface area contributed by atoms with Crippen molar-refractivity contribution < 1.29 is 9.59 Å². The normalized spacial score (nSPS) is 15.5. The van der Waals surface area contributed by atoms with Gasteiger partial charge in [0.25, 0.3) is 0 Å². The molecule has 1 heterocycles. The second-order valence-corrected chi connectivity index (χ2v) is 8.65. The van der Waals surface area contributed by atoms with Crippen molar-refractivity contribution in [1.82, 2.24) is 15.5 Å². The molecule has 0 bridgehead atoms.